The monoisotopic (exact) mass is 1120 g/mol. The third-order valence-electron chi connectivity index (χ3n) is 17.9. The molecule has 0 amide bonds. The molecule has 0 saturated carbocycles. The number of pyridine rings is 2. The molecule has 0 bridgehead atoms. The maximum absolute atomic E-state index is 5.65. The maximum Gasteiger partial charge on any atom is 0.140 e. The smallest absolute Gasteiger partial charge is 0.140 e. The summed E-state index contributed by atoms with van der Waals surface area (Å²) in [7, 11) is 0. The molecule has 410 valence electrons. The van der Waals surface area contributed by atoms with Crippen LogP contribution in [0, 0.1) is 0 Å². The first kappa shape index (κ1) is 49.6. The van der Waals surface area contributed by atoms with E-state index in [-0.39, 0.29) is 0 Å². The van der Waals surface area contributed by atoms with Crippen molar-refractivity contribution in [3.05, 3.63) is 315 Å². The first-order valence-corrected chi connectivity index (χ1v) is 30.0. The van der Waals surface area contributed by atoms with Crippen molar-refractivity contribution >= 4 is 87.2 Å². The van der Waals surface area contributed by atoms with Crippen LogP contribution in [0.2, 0.25) is 0 Å². The van der Waals surface area contributed by atoms with Gasteiger partial charge in [-0.3, -0.25) is 18.3 Å². The fraction of sp³-hybridized carbons (Fsp3) is 0. The fourth-order valence-corrected chi connectivity index (χ4v) is 14.0. The molecule has 0 radical (unpaired) electrons. The summed E-state index contributed by atoms with van der Waals surface area (Å²) in [6.45, 7) is 0. The van der Waals surface area contributed by atoms with Gasteiger partial charge in [0.1, 0.15) is 23.3 Å². The molecule has 0 N–H and O–H groups in total. The molecule has 0 spiro atoms. The van der Waals surface area contributed by atoms with Crippen molar-refractivity contribution in [2.75, 3.05) is 0 Å². The predicted molar refractivity (Wildman–Crippen MR) is 367 cm³/mol. The first-order valence-electron chi connectivity index (χ1n) is 30.0. The summed E-state index contributed by atoms with van der Waals surface area (Å²) < 4.78 is 9.34. The second-order valence-electron chi connectivity index (χ2n) is 22.9. The van der Waals surface area contributed by atoms with Gasteiger partial charge in [0.25, 0.3) is 0 Å². The van der Waals surface area contributed by atoms with Crippen molar-refractivity contribution in [1.82, 2.24) is 28.2 Å². The van der Waals surface area contributed by atoms with Gasteiger partial charge in [0, 0.05) is 43.1 Å². The molecular formula is C82H52N6. The zero-order valence-corrected chi connectivity index (χ0v) is 47.7. The fourth-order valence-electron chi connectivity index (χ4n) is 14.0. The number of hydrogen-bond donors (Lipinski definition) is 0. The van der Waals surface area contributed by atoms with Crippen LogP contribution >= 0.6 is 0 Å². The number of aromatic nitrogens is 6. The summed E-state index contributed by atoms with van der Waals surface area (Å²) in [5, 5.41) is 9.55. The summed E-state index contributed by atoms with van der Waals surface area (Å²) in [6, 6.07) is 114. The maximum atomic E-state index is 5.65. The lowest BCUT2D eigenvalue weighted by Gasteiger charge is -2.16. The number of hydrogen-bond acceptors (Lipinski definition) is 2. The van der Waals surface area contributed by atoms with Crippen LogP contribution in [0.15, 0.2) is 315 Å². The largest absolute Gasteiger partial charge is 0.294 e. The molecular weight excluding hydrogens is 1070 g/mol. The third kappa shape index (κ3) is 7.89. The van der Waals surface area contributed by atoms with E-state index in [4.69, 9.17) is 9.97 Å². The lowest BCUT2D eigenvalue weighted by atomic mass is 9.91. The van der Waals surface area contributed by atoms with E-state index in [9.17, 15) is 0 Å². The lowest BCUT2D eigenvalue weighted by molar-refractivity contribution is 1.01. The van der Waals surface area contributed by atoms with Crippen LogP contribution in [0.25, 0.3) is 166 Å². The molecule has 0 aliphatic heterocycles. The molecule has 18 rings (SSSR count). The Hall–Kier alpha value is -11.9. The summed E-state index contributed by atoms with van der Waals surface area (Å²) in [4.78, 5) is 11.3. The molecule has 6 heterocycles. The molecule has 0 saturated heterocycles. The number of benzene rings is 12. The van der Waals surface area contributed by atoms with Crippen molar-refractivity contribution in [2.24, 2.45) is 0 Å². The molecule has 6 aromatic heterocycles. The summed E-state index contributed by atoms with van der Waals surface area (Å²) in [5.74, 6) is 3.40. The zero-order chi connectivity index (χ0) is 57.8. The van der Waals surface area contributed by atoms with Gasteiger partial charge in [-0.2, -0.15) is 0 Å². The van der Waals surface area contributed by atoms with Gasteiger partial charge in [-0.25, -0.2) is 9.97 Å². The molecule has 0 atom stereocenters. The second kappa shape index (κ2) is 19.9. The van der Waals surface area contributed by atoms with E-state index in [1.807, 2.05) is 0 Å². The van der Waals surface area contributed by atoms with Gasteiger partial charge < -0.3 is 0 Å². The van der Waals surface area contributed by atoms with Gasteiger partial charge in [0.05, 0.1) is 44.1 Å². The van der Waals surface area contributed by atoms with Crippen LogP contribution in [-0.2, 0) is 0 Å². The van der Waals surface area contributed by atoms with Crippen LogP contribution in [0.3, 0.4) is 0 Å². The number of fused-ring (bicyclic) bond motifs is 12. The first-order chi connectivity index (χ1) is 43.6. The van der Waals surface area contributed by atoms with Gasteiger partial charge in [-0.15, -0.1) is 0 Å². The Labute approximate surface area is 507 Å². The highest BCUT2D eigenvalue weighted by molar-refractivity contribution is 6.12. The topological polar surface area (TPSA) is 45.5 Å². The van der Waals surface area contributed by atoms with Gasteiger partial charge in [-0.05, 0) is 159 Å². The molecule has 6 nitrogen and oxygen atoms in total. The van der Waals surface area contributed by atoms with Crippen LogP contribution in [-0.4, -0.2) is 28.2 Å². The Morgan fingerprint density at radius 1 is 0.148 bits per heavy atom. The van der Waals surface area contributed by atoms with E-state index in [2.05, 4.69) is 334 Å². The average Bonchev–Trinajstić information content (AvgIpc) is 2.33. The number of nitrogens with zero attached hydrogens (tertiary/aromatic N) is 6. The number of para-hydroxylation sites is 8. The minimum absolute atomic E-state index is 0.851. The van der Waals surface area contributed by atoms with E-state index >= 15 is 0 Å². The molecule has 0 aliphatic carbocycles. The predicted octanol–water partition coefficient (Wildman–Crippen LogP) is 21.2. The van der Waals surface area contributed by atoms with Gasteiger partial charge >= 0.3 is 0 Å². The molecule has 18 aromatic rings. The van der Waals surface area contributed by atoms with E-state index in [0.717, 1.165) is 123 Å². The normalized spacial score (nSPS) is 11.9. The van der Waals surface area contributed by atoms with E-state index in [1.54, 1.807) is 0 Å². The average molecular weight is 1120 g/mol. The highest BCUT2D eigenvalue weighted by Crippen LogP contribution is 2.42. The van der Waals surface area contributed by atoms with E-state index in [0.29, 0.717) is 0 Å². The lowest BCUT2D eigenvalue weighted by Crippen LogP contribution is -2.04. The molecule has 0 aliphatic rings. The Bertz CT molecular complexity index is 5020. The van der Waals surface area contributed by atoms with Crippen LogP contribution in [0.5, 0.6) is 0 Å². The Kier molecular flexibility index (Phi) is 11.2. The van der Waals surface area contributed by atoms with Gasteiger partial charge in [0.2, 0.25) is 0 Å². The van der Waals surface area contributed by atoms with Crippen molar-refractivity contribution < 1.29 is 0 Å². The van der Waals surface area contributed by atoms with Crippen molar-refractivity contribution in [3.8, 4) is 78.9 Å². The van der Waals surface area contributed by atoms with E-state index in [1.165, 1.54) is 43.1 Å². The minimum Gasteiger partial charge on any atom is -0.294 e. The Balaban J connectivity index is 0.814. The quantitative estimate of drug-likeness (QED) is 0.145. The van der Waals surface area contributed by atoms with Crippen LogP contribution in [0.4, 0.5) is 0 Å². The van der Waals surface area contributed by atoms with Crippen LogP contribution < -0.4 is 0 Å². The third-order valence-corrected chi connectivity index (χ3v) is 17.9. The molecule has 0 fully saturated rings. The van der Waals surface area contributed by atoms with Crippen LogP contribution in [0.1, 0.15) is 0 Å². The highest BCUT2D eigenvalue weighted by atomic mass is 15.1. The molecule has 6 heteroatoms. The molecule has 12 aromatic carbocycles. The standard InChI is InChI=1S/C82H52N6/c1-2-22-53(23-3-1)58-46-59(54-24-20-26-56(44-54)61-49-79(85-71-36-12-4-28-63(71)64-29-5-13-37-72(64)85)83-80(50-61)86-73-38-14-6-30-65(73)66-31-7-15-39-74(66)86)48-60(47-58)55-25-21-27-57(45-55)62-51-81(87-75-40-16-8-32-67(75)68-33-9-17-41-76(68)87)84-82(52-62)88-77-42-18-10-34-69(77)70-35-11-19-43-78(70)88/h1-52H. The summed E-state index contributed by atoms with van der Waals surface area (Å²) >= 11 is 0. The van der Waals surface area contributed by atoms with Gasteiger partial charge in [0.15, 0.2) is 0 Å². The summed E-state index contributed by atoms with van der Waals surface area (Å²) in [6.07, 6.45) is 0. The van der Waals surface area contributed by atoms with Crippen molar-refractivity contribution in [2.45, 2.75) is 0 Å². The molecule has 0 unspecified atom stereocenters. The van der Waals surface area contributed by atoms with Crippen molar-refractivity contribution in [3.63, 3.8) is 0 Å². The van der Waals surface area contributed by atoms with Gasteiger partial charge in [-0.1, -0.05) is 212 Å². The SMILES string of the molecule is c1ccc(-c2cc(-c3cccc(-c4cc(-n5c6ccccc6c6ccccc65)nc(-n5c6ccccc6c6ccccc65)c4)c3)cc(-c3cccc(-c4cc(-n5c6ccccc6c6ccccc65)nc(-n5c6ccccc6c6ccccc65)c4)c3)c2)cc1. The number of rotatable bonds is 9. The highest BCUT2D eigenvalue weighted by Gasteiger charge is 2.22. The van der Waals surface area contributed by atoms with E-state index < -0.39 is 0 Å². The Morgan fingerprint density at radius 2 is 0.330 bits per heavy atom. The zero-order valence-electron chi connectivity index (χ0n) is 47.7. The second-order valence-corrected chi connectivity index (χ2v) is 22.9. The minimum atomic E-state index is 0.851. The molecule has 88 heavy (non-hydrogen) atoms. The Morgan fingerprint density at radius 3 is 0.580 bits per heavy atom. The van der Waals surface area contributed by atoms with Crippen molar-refractivity contribution in [1.29, 1.82) is 0 Å². The summed E-state index contributed by atoms with van der Waals surface area (Å²) in [5.41, 5.74) is 20.0.